The van der Waals surface area contributed by atoms with Gasteiger partial charge in [0, 0.05) is 29.5 Å². The van der Waals surface area contributed by atoms with Crippen molar-refractivity contribution < 1.29 is 9.59 Å². The number of amides is 3. The van der Waals surface area contributed by atoms with E-state index in [1.807, 2.05) is 18.2 Å². The molecule has 0 aliphatic heterocycles. The van der Waals surface area contributed by atoms with Gasteiger partial charge in [-0.1, -0.05) is 19.1 Å². The lowest BCUT2D eigenvalue weighted by Crippen LogP contribution is -2.27. The van der Waals surface area contributed by atoms with Gasteiger partial charge in [0.25, 0.3) is 0 Å². The van der Waals surface area contributed by atoms with Gasteiger partial charge >= 0.3 is 6.03 Å². The van der Waals surface area contributed by atoms with Crippen molar-refractivity contribution in [1.29, 1.82) is 0 Å². The molecule has 1 aromatic carbocycles. The summed E-state index contributed by atoms with van der Waals surface area (Å²) in [6.07, 6.45) is 1.37. The van der Waals surface area contributed by atoms with E-state index in [-0.39, 0.29) is 11.9 Å². The summed E-state index contributed by atoms with van der Waals surface area (Å²) >= 11 is 1.71. The highest BCUT2D eigenvalue weighted by atomic mass is 32.1. The van der Waals surface area contributed by atoms with Gasteiger partial charge in [-0.05, 0) is 36.2 Å². The van der Waals surface area contributed by atoms with E-state index in [0.29, 0.717) is 18.7 Å². The quantitative estimate of drug-likeness (QED) is 0.844. The number of urea groups is 1. The zero-order valence-corrected chi connectivity index (χ0v) is 15.1. The topological polar surface area (TPSA) is 61.4 Å². The SMILES string of the molecule is CCc1ccc(CNC(=O)Nc2ccc(CC(=O)N(C)C)cc2)s1. The summed E-state index contributed by atoms with van der Waals surface area (Å²) < 4.78 is 0. The van der Waals surface area contributed by atoms with Crippen LogP contribution in [0.5, 0.6) is 0 Å². The molecule has 2 rings (SSSR count). The van der Waals surface area contributed by atoms with Gasteiger partial charge in [-0.15, -0.1) is 11.3 Å². The number of carbonyl (C=O) groups excluding carboxylic acids is 2. The molecule has 0 saturated heterocycles. The lowest BCUT2D eigenvalue weighted by atomic mass is 10.1. The number of hydrogen-bond acceptors (Lipinski definition) is 3. The highest BCUT2D eigenvalue weighted by Crippen LogP contribution is 2.16. The van der Waals surface area contributed by atoms with Crippen molar-refractivity contribution in [1.82, 2.24) is 10.2 Å². The van der Waals surface area contributed by atoms with Crippen molar-refractivity contribution in [3.8, 4) is 0 Å². The minimum absolute atomic E-state index is 0.0517. The third kappa shape index (κ3) is 5.38. The molecule has 0 bridgehead atoms. The Morgan fingerprint density at radius 2 is 1.71 bits per heavy atom. The van der Waals surface area contributed by atoms with Crippen LogP contribution in [0.4, 0.5) is 10.5 Å². The first-order valence-electron chi connectivity index (χ1n) is 7.89. The Labute approximate surface area is 146 Å². The molecule has 5 nitrogen and oxygen atoms in total. The molecule has 1 aromatic heterocycles. The summed E-state index contributed by atoms with van der Waals surface area (Å²) in [5, 5.41) is 5.64. The number of likely N-dealkylation sites (N-methyl/N-ethyl adjacent to an activating group) is 1. The predicted octanol–water partition coefficient (Wildman–Crippen LogP) is 3.26. The Morgan fingerprint density at radius 1 is 1.04 bits per heavy atom. The van der Waals surface area contributed by atoms with Gasteiger partial charge in [0.2, 0.25) is 5.91 Å². The molecule has 0 aliphatic carbocycles. The van der Waals surface area contributed by atoms with Crippen molar-refractivity contribution in [2.24, 2.45) is 0 Å². The third-order valence-electron chi connectivity index (χ3n) is 3.55. The molecule has 6 heteroatoms. The van der Waals surface area contributed by atoms with Crippen LogP contribution in [-0.2, 0) is 24.2 Å². The highest BCUT2D eigenvalue weighted by molar-refractivity contribution is 7.11. The number of thiophene rings is 1. The van der Waals surface area contributed by atoms with Crippen LogP contribution < -0.4 is 10.6 Å². The normalized spacial score (nSPS) is 10.3. The van der Waals surface area contributed by atoms with Crippen LogP contribution in [-0.4, -0.2) is 30.9 Å². The fraction of sp³-hybridized carbons (Fsp3) is 0.333. The van der Waals surface area contributed by atoms with E-state index in [9.17, 15) is 9.59 Å². The van der Waals surface area contributed by atoms with Crippen LogP contribution in [0.25, 0.3) is 0 Å². The number of hydrogen-bond donors (Lipinski definition) is 2. The molecule has 0 atom stereocenters. The van der Waals surface area contributed by atoms with E-state index >= 15 is 0 Å². The molecular weight excluding hydrogens is 322 g/mol. The minimum Gasteiger partial charge on any atom is -0.349 e. The summed E-state index contributed by atoms with van der Waals surface area (Å²) in [5.74, 6) is 0.0517. The molecule has 0 aliphatic rings. The van der Waals surface area contributed by atoms with Gasteiger partial charge in [-0.3, -0.25) is 4.79 Å². The van der Waals surface area contributed by atoms with Crippen molar-refractivity contribution in [2.75, 3.05) is 19.4 Å². The maximum Gasteiger partial charge on any atom is 0.319 e. The average molecular weight is 345 g/mol. The number of aryl methyl sites for hydroxylation is 1. The summed E-state index contributed by atoms with van der Waals surface area (Å²) in [4.78, 5) is 27.6. The Kier molecular flexibility index (Phi) is 6.37. The fourth-order valence-corrected chi connectivity index (χ4v) is 2.99. The van der Waals surface area contributed by atoms with E-state index in [1.165, 1.54) is 4.88 Å². The Balaban J connectivity index is 1.82. The van der Waals surface area contributed by atoms with Crippen molar-refractivity contribution in [2.45, 2.75) is 26.3 Å². The molecule has 2 N–H and O–H groups in total. The number of rotatable bonds is 6. The summed E-state index contributed by atoms with van der Waals surface area (Å²) in [7, 11) is 3.47. The second kappa shape index (κ2) is 8.49. The second-order valence-electron chi connectivity index (χ2n) is 5.69. The van der Waals surface area contributed by atoms with Gasteiger partial charge in [0.15, 0.2) is 0 Å². The number of benzene rings is 1. The predicted molar refractivity (Wildman–Crippen MR) is 98.4 cm³/mol. The van der Waals surface area contributed by atoms with Gasteiger partial charge < -0.3 is 15.5 Å². The first-order chi connectivity index (χ1) is 11.5. The van der Waals surface area contributed by atoms with Gasteiger partial charge in [0.05, 0.1) is 13.0 Å². The Morgan fingerprint density at radius 3 is 2.29 bits per heavy atom. The molecule has 24 heavy (non-hydrogen) atoms. The number of nitrogens with one attached hydrogen (secondary N) is 2. The molecule has 1 heterocycles. The molecular formula is C18H23N3O2S. The summed E-state index contributed by atoms with van der Waals surface area (Å²) in [6.45, 7) is 2.64. The number of carbonyl (C=O) groups is 2. The molecule has 0 spiro atoms. The van der Waals surface area contributed by atoms with Crippen LogP contribution in [0.1, 0.15) is 22.2 Å². The molecule has 0 fully saturated rings. The maximum absolute atomic E-state index is 11.9. The molecule has 0 radical (unpaired) electrons. The Bertz CT molecular complexity index is 693. The van der Waals surface area contributed by atoms with Crippen molar-refractivity contribution >= 4 is 29.0 Å². The van der Waals surface area contributed by atoms with E-state index in [1.54, 1.807) is 42.5 Å². The first-order valence-corrected chi connectivity index (χ1v) is 8.71. The summed E-state index contributed by atoms with van der Waals surface area (Å²) in [6, 6.07) is 11.2. The number of anilines is 1. The molecule has 2 aromatic rings. The molecule has 3 amide bonds. The van der Waals surface area contributed by atoms with Gasteiger partial charge in [-0.25, -0.2) is 4.79 Å². The first kappa shape index (κ1) is 18.0. The summed E-state index contributed by atoms with van der Waals surface area (Å²) in [5.41, 5.74) is 1.62. The fourth-order valence-electron chi connectivity index (χ4n) is 2.09. The maximum atomic E-state index is 11.9. The standard InChI is InChI=1S/C18H23N3O2S/c1-4-15-9-10-16(24-15)12-19-18(23)20-14-7-5-13(6-8-14)11-17(22)21(2)3/h5-10H,4,11-12H2,1-3H3,(H2,19,20,23). The lowest BCUT2D eigenvalue weighted by molar-refractivity contribution is -0.127. The Hall–Kier alpha value is -2.34. The van der Waals surface area contributed by atoms with E-state index in [2.05, 4.69) is 23.6 Å². The van der Waals surface area contributed by atoms with Crippen LogP contribution in [0.3, 0.4) is 0 Å². The van der Waals surface area contributed by atoms with Crippen LogP contribution in [0.2, 0.25) is 0 Å². The van der Waals surface area contributed by atoms with Crippen LogP contribution >= 0.6 is 11.3 Å². The van der Waals surface area contributed by atoms with Crippen LogP contribution in [0, 0.1) is 0 Å². The zero-order valence-electron chi connectivity index (χ0n) is 14.3. The van der Waals surface area contributed by atoms with E-state index in [0.717, 1.165) is 16.9 Å². The van der Waals surface area contributed by atoms with Crippen molar-refractivity contribution in [3.63, 3.8) is 0 Å². The highest BCUT2D eigenvalue weighted by Gasteiger charge is 2.07. The second-order valence-corrected chi connectivity index (χ2v) is 6.94. The molecule has 0 unspecified atom stereocenters. The largest absolute Gasteiger partial charge is 0.349 e. The number of nitrogens with zero attached hydrogens (tertiary/aromatic N) is 1. The van der Waals surface area contributed by atoms with E-state index in [4.69, 9.17) is 0 Å². The zero-order chi connectivity index (χ0) is 17.5. The smallest absolute Gasteiger partial charge is 0.319 e. The average Bonchev–Trinajstić information content (AvgIpc) is 3.03. The molecule has 128 valence electrons. The van der Waals surface area contributed by atoms with E-state index < -0.39 is 0 Å². The monoisotopic (exact) mass is 345 g/mol. The van der Waals surface area contributed by atoms with Crippen LogP contribution in [0.15, 0.2) is 36.4 Å². The van der Waals surface area contributed by atoms with Crippen molar-refractivity contribution in [3.05, 3.63) is 51.7 Å². The van der Waals surface area contributed by atoms with Gasteiger partial charge in [0.1, 0.15) is 0 Å². The lowest BCUT2D eigenvalue weighted by Gasteiger charge is -2.11. The van der Waals surface area contributed by atoms with Gasteiger partial charge in [-0.2, -0.15) is 0 Å². The molecule has 0 saturated carbocycles. The minimum atomic E-state index is -0.237. The third-order valence-corrected chi connectivity index (χ3v) is 4.78.